The topological polar surface area (TPSA) is 151 Å². The second-order valence-electron chi connectivity index (χ2n) is 1.92. The van der Waals surface area contributed by atoms with Crippen LogP contribution in [-0.2, 0) is 0 Å². The summed E-state index contributed by atoms with van der Waals surface area (Å²) >= 11 is 0. The SMILES string of the molecule is Nc1nnc(C([N+](=O)[O-])[N+](=O)[O-])o1.[K]. The molecule has 0 amide bonds. The zero-order valence-electron chi connectivity index (χ0n) is 6.98. The van der Waals surface area contributed by atoms with Gasteiger partial charge in [0, 0.05) is 51.4 Å². The van der Waals surface area contributed by atoms with Gasteiger partial charge in [-0.15, -0.1) is 0 Å². The van der Waals surface area contributed by atoms with Gasteiger partial charge in [0.25, 0.3) is 0 Å². The van der Waals surface area contributed by atoms with Crippen LogP contribution in [0.3, 0.4) is 0 Å². The van der Waals surface area contributed by atoms with Crippen molar-refractivity contribution >= 4 is 57.4 Å². The van der Waals surface area contributed by atoms with Crippen molar-refractivity contribution in [1.29, 1.82) is 0 Å². The average molecular weight is 228 g/mol. The Bertz CT molecular complexity index is 337. The Labute approximate surface area is 119 Å². The number of aromatic nitrogens is 2. The zero-order valence-corrected chi connectivity index (χ0v) is 10.1. The third-order valence-corrected chi connectivity index (χ3v) is 1.08. The monoisotopic (exact) mass is 228 g/mol. The third-order valence-electron chi connectivity index (χ3n) is 1.08. The van der Waals surface area contributed by atoms with E-state index in [9.17, 15) is 20.2 Å². The average Bonchev–Trinajstić information content (AvgIpc) is 2.34. The van der Waals surface area contributed by atoms with Crippen LogP contribution in [0.15, 0.2) is 4.42 Å². The second kappa shape index (κ2) is 5.30. The fourth-order valence-corrected chi connectivity index (χ4v) is 0.608. The Morgan fingerprint density at radius 1 is 1.29 bits per heavy atom. The minimum Gasteiger partial charge on any atom is -0.396 e. The standard InChI is InChI=1S/C3H3N5O5.K/c4-3-6-5-1(13-3)2(7(9)10)8(11)12;/h2H,(H2,4,6);. The van der Waals surface area contributed by atoms with Gasteiger partial charge in [-0.3, -0.25) is 20.2 Å². The minimum absolute atomic E-state index is 0. The Balaban J connectivity index is 0.00000169. The molecule has 14 heavy (non-hydrogen) atoms. The molecule has 11 heteroatoms. The maximum Gasteiger partial charge on any atom is 0.526 e. The molecule has 0 atom stereocenters. The first-order valence-electron chi connectivity index (χ1n) is 2.88. The molecule has 0 saturated carbocycles. The van der Waals surface area contributed by atoms with Crippen LogP contribution in [-0.4, -0.2) is 71.4 Å². The Kier molecular flexibility index (Phi) is 5.07. The van der Waals surface area contributed by atoms with Crippen LogP contribution in [0.25, 0.3) is 0 Å². The van der Waals surface area contributed by atoms with E-state index in [4.69, 9.17) is 5.73 Å². The fourth-order valence-electron chi connectivity index (χ4n) is 0.608. The van der Waals surface area contributed by atoms with Crippen LogP contribution >= 0.6 is 0 Å². The molecular weight excluding hydrogens is 225 g/mol. The van der Waals surface area contributed by atoms with E-state index in [-0.39, 0.29) is 51.4 Å². The molecule has 0 spiro atoms. The van der Waals surface area contributed by atoms with E-state index in [1.807, 2.05) is 0 Å². The van der Waals surface area contributed by atoms with E-state index < -0.39 is 27.9 Å². The Morgan fingerprint density at radius 3 is 2.07 bits per heavy atom. The third kappa shape index (κ3) is 2.95. The van der Waals surface area contributed by atoms with Crippen molar-refractivity contribution in [2.45, 2.75) is 6.17 Å². The molecule has 1 aromatic heterocycles. The van der Waals surface area contributed by atoms with Gasteiger partial charge in [0.2, 0.25) is 0 Å². The number of rotatable bonds is 3. The smallest absolute Gasteiger partial charge is 0.396 e. The zero-order chi connectivity index (χ0) is 10.0. The molecular formula is C3H3KN5O5. The summed E-state index contributed by atoms with van der Waals surface area (Å²) in [5, 5.41) is 26.4. The molecule has 2 N–H and O–H groups in total. The first kappa shape index (κ1) is 13.4. The van der Waals surface area contributed by atoms with Gasteiger partial charge >= 0.3 is 18.1 Å². The molecule has 0 aliphatic carbocycles. The fraction of sp³-hybridized carbons (Fsp3) is 0.333. The van der Waals surface area contributed by atoms with Crippen molar-refractivity contribution in [3.63, 3.8) is 0 Å². The van der Waals surface area contributed by atoms with Crippen molar-refractivity contribution in [3.8, 4) is 0 Å². The molecule has 0 aliphatic heterocycles. The van der Waals surface area contributed by atoms with E-state index in [0.717, 1.165) is 0 Å². The first-order valence-corrected chi connectivity index (χ1v) is 2.88. The number of nitrogen functional groups attached to an aromatic ring is 1. The van der Waals surface area contributed by atoms with Crippen LogP contribution in [0.5, 0.6) is 0 Å². The normalized spacial score (nSPS) is 9.50. The predicted octanol–water partition coefficient (Wildman–Crippen LogP) is -1.18. The van der Waals surface area contributed by atoms with Crippen molar-refractivity contribution in [2.75, 3.05) is 5.73 Å². The molecule has 1 rings (SSSR count). The largest absolute Gasteiger partial charge is 0.526 e. The van der Waals surface area contributed by atoms with Gasteiger partial charge in [-0.25, -0.2) is 0 Å². The molecule has 0 unspecified atom stereocenters. The maximum absolute atomic E-state index is 10.1. The molecule has 0 bridgehead atoms. The molecule has 1 heterocycles. The molecule has 0 aliphatic rings. The summed E-state index contributed by atoms with van der Waals surface area (Å²) in [5.41, 5.74) is 4.93. The van der Waals surface area contributed by atoms with E-state index in [2.05, 4.69) is 14.6 Å². The number of nitrogens with two attached hydrogens (primary N) is 1. The molecule has 0 fully saturated rings. The van der Waals surface area contributed by atoms with Gasteiger partial charge in [-0.2, -0.15) is 0 Å². The van der Waals surface area contributed by atoms with Crippen molar-refractivity contribution in [3.05, 3.63) is 26.1 Å². The number of hydrogen-bond acceptors (Lipinski definition) is 8. The van der Waals surface area contributed by atoms with E-state index in [1.54, 1.807) is 0 Å². The van der Waals surface area contributed by atoms with Gasteiger partial charge in [-0.1, -0.05) is 10.2 Å². The number of hydrogen-bond donors (Lipinski definition) is 1. The van der Waals surface area contributed by atoms with Gasteiger partial charge in [0.05, 0.1) is 0 Å². The predicted molar refractivity (Wildman–Crippen MR) is 41.2 cm³/mol. The molecule has 0 aromatic carbocycles. The Hall–Kier alpha value is -0.624. The second-order valence-corrected chi connectivity index (χ2v) is 1.92. The summed E-state index contributed by atoms with van der Waals surface area (Å²) in [5.74, 6) is -0.743. The van der Waals surface area contributed by atoms with Crippen LogP contribution < -0.4 is 5.73 Å². The maximum atomic E-state index is 10.1. The Morgan fingerprint density at radius 2 is 1.79 bits per heavy atom. The van der Waals surface area contributed by atoms with Gasteiger partial charge in [-0.05, 0) is 0 Å². The quantitative estimate of drug-likeness (QED) is 0.294. The number of nitrogens with zero attached hydrogens (tertiary/aromatic N) is 4. The van der Waals surface area contributed by atoms with Crippen LogP contribution in [0.1, 0.15) is 12.1 Å². The van der Waals surface area contributed by atoms with Gasteiger partial charge < -0.3 is 10.2 Å². The summed E-state index contributed by atoms with van der Waals surface area (Å²) in [6.07, 6.45) is -2.26. The molecule has 1 radical (unpaired) electrons. The van der Waals surface area contributed by atoms with Crippen molar-refractivity contribution in [1.82, 2.24) is 10.2 Å². The summed E-state index contributed by atoms with van der Waals surface area (Å²) in [6, 6.07) is -0.455. The summed E-state index contributed by atoms with van der Waals surface area (Å²) in [4.78, 5) is 18.0. The minimum atomic E-state index is -2.26. The van der Waals surface area contributed by atoms with Gasteiger partial charge in [0.1, 0.15) is 9.85 Å². The first-order chi connectivity index (χ1) is 6.02. The van der Waals surface area contributed by atoms with Crippen LogP contribution in [0.2, 0.25) is 0 Å². The molecule has 71 valence electrons. The number of nitro groups is 2. The van der Waals surface area contributed by atoms with Crippen LogP contribution in [0.4, 0.5) is 6.01 Å². The van der Waals surface area contributed by atoms with Crippen molar-refractivity contribution in [2.24, 2.45) is 0 Å². The van der Waals surface area contributed by atoms with E-state index >= 15 is 0 Å². The van der Waals surface area contributed by atoms with Crippen LogP contribution in [0, 0.1) is 20.2 Å². The summed E-state index contributed by atoms with van der Waals surface area (Å²) < 4.78 is 4.34. The number of anilines is 1. The van der Waals surface area contributed by atoms with Crippen molar-refractivity contribution < 1.29 is 14.3 Å². The van der Waals surface area contributed by atoms with Gasteiger partial charge in [0.15, 0.2) is 0 Å². The summed E-state index contributed by atoms with van der Waals surface area (Å²) in [7, 11) is 0. The van der Waals surface area contributed by atoms with E-state index in [0.29, 0.717) is 0 Å². The molecule has 1 aromatic rings. The molecule has 0 saturated heterocycles. The summed E-state index contributed by atoms with van der Waals surface area (Å²) in [6.45, 7) is 0. The van der Waals surface area contributed by atoms with E-state index in [1.165, 1.54) is 0 Å². The molecule has 10 nitrogen and oxygen atoms in total.